The molecule has 2 rings (SSSR count). The van der Waals surface area contributed by atoms with Crippen molar-refractivity contribution in [2.45, 2.75) is 13.0 Å². The molecule has 21 heavy (non-hydrogen) atoms. The molecule has 0 fully saturated rings. The van der Waals surface area contributed by atoms with Crippen LogP contribution in [0.2, 0.25) is 10.2 Å². The Morgan fingerprint density at radius 2 is 2.24 bits per heavy atom. The van der Waals surface area contributed by atoms with Crippen molar-refractivity contribution in [2.24, 2.45) is 17.8 Å². The third kappa shape index (κ3) is 5.36. The Morgan fingerprint density at radius 3 is 2.81 bits per heavy atom. The summed E-state index contributed by atoms with van der Waals surface area (Å²) in [7, 11) is 1.85. The van der Waals surface area contributed by atoms with E-state index in [1.807, 2.05) is 13.1 Å². The Kier molecular flexibility index (Phi) is 7.86. The first-order valence-electron chi connectivity index (χ1n) is 6.13. The van der Waals surface area contributed by atoms with E-state index in [4.69, 9.17) is 28.9 Å². The number of hydrogen-bond acceptors (Lipinski definition) is 2. The van der Waals surface area contributed by atoms with Gasteiger partial charge in [-0.2, -0.15) is 0 Å². The highest BCUT2D eigenvalue weighted by Gasteiger charge is 2.08. The molecule has 0 saturated carbocycles. The van der Waals surface area contributed by atoms with Gasteiger partial charge in [0.15, 0.2) is 5.96 Å². The Hall–Kier alpha value is -0.440. The zero-order chi connectivity index (χ0) is 14.5. The maximum Gasteiger partial charge on any atom is 0.188 e. The molecular weight excluding hydrogens is 442 g/mol. The van der Waals surface area contributed by atoms with Crippen LogP contribution in [0.5, 0.6) is 0 Å². The van der Waals surface area contributed by atoms with Crippen molar-refractivity contribution in [2.75, 3.05) is 6.54 Å². The molecule has 0 spiro atoms. The maximum atomic E-state index is 5.99. The van der Waals surface area contributed by atoms with Gasteiger partial charge in [0.25, 0.3) is 0 Å². The molecule has 0 radical (unpaired) electrons. The van der Waals surface area contributed by atoms with Gasteiger partial charge >= 0.3 is 0 Å². The molecule has 0 saturated heterocycles. The van der Waals surface area contributed by atoms with Crippen LogP contribution < -0.4 is 11.1 Å². The smallest absolute Gasteiger partial charge is 0.188 e. The number of hydrogen-bond donors (Lipinski definition) is 2. The van der Waals surface area contributed by atoms with Gasteiger partial charge in [-0.05, 0) is 23.9 Å². The third-order valence-electron chi connectivity index (χ3n) is 2.88. The number of nitrogens with two attached hydrogens (primary N) is 1. The molecule has 2 aromatic heterocycles. The van der Waals surface area contributed by atoms with Crippen molar-refractivity contribution < 1.29 is 0 Å². The molecule has 116 valence electrons. The lowest BCUT2D eigenvalue weighted by molar-refractivity contribution is 0.810. The monoisotopic (exact) mass is 458 g/mol. The first kappa shape index (κ1) is 18.6. The largest absolute Gasteiger partial charge is 0.370 e. The third-order valence-corrected chi connectivity index (χ3v) is 4.66. The van der Waals surface area contributed by atoms with E-state index >= 15 is 0 Å². The minimum atomic E-state index is 0. The summed E-state index contributed by atoms with van der Waals surface area (Å²) in [5, 5.41) is 6.20. The summed E-state index contributed by atoms with van der Waals surface area (Å²) < 4.78 is 1.80. The molecule has 3 N–H and O–H groups in total. The van der Waals surface area contributed by atoms with E-state index in [1.54, 1.807) is 22.0 Å². The molecule has 2 heterocycles. The topological polar surface area (TPSA) is 55.3 Å². The second kappa shape index (κ2) is 8.87. The van der Waals surface area contributed by atoms with Crippen LogP contribution in [0.15, 0.2) is 28.6 Å². The Labute approximate surface area is 155 Å². The highest BCUT2D eigenvalue weighted by molar-refractivity contribution is 14.0. The number of thiophene rings is 1. The molecule has 4 nitrogen and oxygen atoms in total. The van der Waals surface area contributed by atoms with E-state index in [1.165, 1.54) is 4.88 Å². The van der Waals surface area contributed by atoms with E-state index in [2.05, 4.69) is 21.8 Å². The fourth-order valence-corrected chi connectivity index (χ4v) is 2.86. The van der Waals surface area contributed by atoms with Crippen LogP contribution in [-0.2, 0) is 20.0 Å². The van der Waals surface area contributed by atoms with E-state index < -0.39 is 0 Å². The predicted octanol–water partition coefficient (Wildman–Crippen LogP) is 3.66. The van der Waals surface area contributed by atoms with Crippen molar-refractivity contribution in [1.29, 1.82) is 0 Å². The van der Waals surface area contributed by atoms with Gasteiger partial charge in [0.05, 0.1) is 11.6 Å². The van der Waals surface area contributed by atoms with Crippen LogP contribution in [0.25, 0.3) is 0 Å². The predicted molar refractivity (Wildman–Crippen MR) is 102 cm³/mol. The van der Waals surface area contributed by atoms with E-state index in [0.717, 1.165) is 18.7 Å². The first-order chi connectivity index (χ1) is 9.58. The van der Waals surface area contributed by atoms with Crippen molar-refractivity contribution in [3.8, 4) is 0 Å². The summed E-state index contributed by atoms with van der Waals surface area (Å²) >= 11 is 13.7. The highest BCUT2D eigenvalue weighted by Crippen LogP contribution is 2.25. The fourth-order valence-electron chi connectivity index (χ4n) is 1.73. The van der Waals surface area contributed by atoms with E-state index in [-0.39, 0.29) is 24.0 Å². The highest BCUT2D eigenvalue weighted by atomic mass is 127. The molecule has 0 unspecified atom stereocenters. The van der Waals surface area contributed by atoms with E-state index in [0.29, 0.717) is 22.7 Å². The molecule has 0 aliphatic carbocycles. The van der Waals surface area contributed by atoms with Crippen molar-refractivity contribution in [1.82, 2.24) is 9.88 Å². The SMILES string of the molecule is Cn1c(CN=C(N)NCCc2cccs2)cc(Cl)c1Cl.I. The quantitative estimate of drug-likeness (QED) is 0.408. The molecule has 2 aromatic rings. The van der Waals surface area contributed by atoms with Gasteiger partial charge in [-0.3, -0.25) is 0 Å². The normalized spacial score (nSPS) is 11.3. The van der Waals surface area contributed by atoms with Crippen molar-refractivity contribution in [3.63, 3.8) is 0 Å². The summed E-state index contributed by atoms with van der Waals surface area (Å²) in [6.07, 6.45) is 0.940. The lowest BCUT2D eigenvalue weighted by Gasteiger charge is -2.05. The van der Waals surface area contributed by atoms with Crippen LogP contribution in [0.1, 0.15) is 10.6 Å². The van der Waals surface area contributed by atoms with Gasteiger partial charge in [0.2, 0.25) is 0 Å². The summed E-state index contributed by atoms with van der Waals surface area (Å²) in [6.45, 7) is 1.21. The second-order valence-electron chi connectivity index (χ2n) is 4.29. The summed E-state index contributed by atoms with van der Waals surface area (Å²) in [6, 6.07) is 5.94. The van der Waals surface area contributed by atoms with Crippen molar-refractivity contribution >= 4 is 64.5 Å². The lowest BCUT2D eigenvalue weighted by atomic mass is 10.3. The number of halogens is 3. The fraction of sp³-hybridized carbons (Fsp3) is 0.308. The number of nitrogens with zero attached hydrogens (tertiary/aromatic N) is 2. The summed E-state index contributed by atoms with van der Waals surface area (Å²) in [4.78, 5) is 5.60. The second-order valence-corrected chi connectivity index (χ2v) is 6.09. The molecular formula is C13H17Cl2IN4S. The molecule has 0 aromatic carbocycles. The molecule has 0 bridgehead atoms. The average Bonchev–Trinajstić information content (AvgIpc) is 3.01. The van der Waals surface area contributed by atoms with Gasteiger partial charge in [-0.15, -0.1) is 35.3 Å². The van der Waals surface area contributed by atoms with Gasteiger partial charge in [0.1, 0.15) is 5.15 Å². The van der Waals surface area contributed by atoms with Gasteiger partial charge in [-0.25, -0.2) is 4.99 Å². The Morgan fingerprint density at radius 1 is 1.48 bits per heavy atom. The van der Waals surface area contributed by atoms with Crippen LogP contribution >= 0.6 is 58.5 Å². The number of nitrogens with one attached hydrogen (secondary N) is 1. The molecule has 0 aliphatic rings. The number of aliphatic imine (C=N–C) groups is 1. The average molecular weight is 459 g/mol. The summed E-state index contributed by atoms with van der Waals surface area (Å²) in [5.74, 6) is 0.426. The minimum Gasteiger partial charge on any atom is -0.370 e. The van der Waals surface area contributed by atoms with Crippen molar-refractivity contribution in [3.05, 3.63) is 44.3 Å². The molecule has 0 aliphatic heterocycles. The zero-order valence-corrected chi connectivity index (χ0v) is 16.1. The molecule has 8 heteroatoms. The lowest BCUT2D eigenvalue weighted by Crippen LogP contribution is -2.33. The van der Waals surface area contributed by atoms with Gasteiger partial charge in [0, 0.05) is 24.2 Å². The van der Waals surface area contributed by atoms with Crippen LogP contribution in [-0.4, -0.2) is 17.1 Å². The number of guanidine groups is 1. The first-order valence-corrected chi connectivity index (χ1v) is 7.77. The standard InChI is InChI=1S/C13H16Cl2N4S.HI/c1-19-9(7-11(14)12(19)15)8-18-13(16)17-5-4-10-3-2-6-20-10;/h2-3,6-7H,4-5,8H2,1H3,(H3,16,17,18);1H. The zero-order valence-electron chi connectivity index (χ0n) is 11.5. The Balaban J connectivity index is 0.00000220. The number of rotatable bonds is 5. The maximum absolute atomic E-state index is 5.99. The molecule has 0 atom stereocenters. The van der Waals surface area contributed by atoms with Gasteiger partial charge in [-0.1, -0.05) is 29.3 Å². The van der Waals surface area contributed by atoms with Gasteiger partial charge < -0.3 is 15.6 Å². The molecule has 0 amide bonds. The van der Waals surface area contributed by atoms with E-state index in [9.17, 15) is 0 Å². The Bertz CT molecular complexity index is 596. The minimum absolute atomic E-state index is 0. The number of aromatic nitrogens is 1. The van der Waals surface area contributed by atoms with Crippen LogP contribution in [0.3, 0.4) is 0 Å². The van der Waals surface area contributed by atoms with Crippen LogP contribution in [0, 0.1) is 0 Å². The van der Waals surface area contributed by atoms with Crippen LogP contribution in [0.4, 0.5) is 0 Å². The summed E-state index contributed by atoms with van der Waals surface area (Å²) in [5.41, 5.74) is 6.74.